The molecule has 0 saturated heterocycles. The van der Waals surface area contributed by atoms with Crippen LogP contribution in [0.25, 0.3) is 0 Å². The van der Waals surface area contributed by atoms with Gasteiger partial charge >= 0.3 is 0 Å². The molecule has 2 rings (SSSR count). The van der Waals surface area contributed by atoms with E-state index in [1.54, 1.807) is 12.3 Å². The smallest absolute Gasteiger partial charge is 0.290 e. The van der Waals surface area contributed by atoms with Gasteiger partial charge in [0.15, 0.2) is 12.0 Å². The maximum atomic E-state index is 13.0. The average Bonchev–Trinajstić information content (AvgIpc) is 2.34. The van der Waals surface area contributed by atoms with Gasteiger partial charge in [-0.25, -0.2) is 4.39 Å². The number of carbonyl (C=O) groups is 1. The Balaban J connectivity index is 2.10. The summed E-state index contributed by atoms with van der Waals surface area (Å²) in [5, 5.41) is 2.86. The Kier molecular flexibility index (Phi) is 3.90. The van der Waals surface area contributed by atoms with Crippen molar-refractivity contribution in [2.24, 2.45) is 0 Å². The Bertz CT molecular complexity index is 591. The van der Waals surface area contributed by atoms with E-state index in [1.807, 2.05) is 32.0 Å². The summed E-state index contributed by atoms with van der Waals surface area (Å²) in [6, 6.07) is 8.75. The molecule has 1 amide bonds. The molecule has 1 aromatic carbocycles. The Morgan fingerprint density at radius 1 is 1.21 bits per heavy atom. The summed E-state index contributed by atoms with van der Waals surface area (Å²) >= 11 is 0. The summed E-state index contributed by atoms with van der Waals surface area (Å²) in [4.78, 5) is 11.9. The van der Waals surface area contributed by atoms with Crippen LogP contribution >= 0.6 is 0 Å². The minimum absolute atomic E-state index is 0.0888. The van der Waals surface area contributed by atoms with Gasteiger partial charge in [0.2, 0.25) is 12.7 Å². The molecule has 19 heavy (non-hydrogen) atoms. The molecule has 3 nitrogen and oxygen atoms in total. The Hall–Kier alpha value is -2.23. The van der Waals surface area contributed by atoms with E-state index in [1.165, 1.54) is 16.8 Å². The van der Waals surface area contributed by atoms with E-state index in [2.05, 4.69) is 5.32 Å². The summed E-state index contributed by atoms with van der Waals surface area (Å²) in [7, 11) is 0. The molecule has 0 saturated carbocycles. The van der Waals surface area contributed by atoms with Gasteiger partial charge in [-0.1, -0.05) is 18.2 Å². The fourth-order valence-corrected chi connectivity index (χ4v) is 1.94. The van der Waals surface area contributed by atoms with E-state index in [9.17, 15) is 9.18 Å². The highest BCUT2D eigenvalue weighted by Crippen LogP contribution is 2.19. The number of carbonyl (C=O) groups excluding carboxylic acids is 1. The number of anilines is 1. The maximum Gasteiger partial charge on any atom is 0.290 e. The fourth-order valence-electron chi connectivity index (χ4n) is 1.94. The number of amides is 1. The Labute approximate surface area is 111 Å². The summed E-state index contributed by atoms with van der Waals surface area (Å²) < 4.78 is 14.5. The molecule has 0 unspecified atom stereocenters. The summed E-state index contributed by atoms with van der Waals surface area (Å²) in [6.07, 6.45) is 2.96. The molecule has 1 heterocycles. The number of para-hydroxylation sites is 1. The van der Waals surface area contributed by atoms with Crippen molar-refractivity contribution in [1.82, 2.24) is 0 Å². The first kappa shape index (κ1) is 13.2. The molecule has 4 heteroatoms. The highest BCUT2D eigenvalue weighted by atomic mass is 19.1. The predicted molar refractivity (Wildman–Crippen MR) is 71.1 cm³/mol. The molecule has 0 aliphatic rings. The first-order chi connectivity index (χ1) is 9.06. The second-order valence-corrected chi connectivity index (χ2v) is 4.51. The molecule has 0 aliphatic carbocycles. The van der Waals surface area contributed by atoms with Crippen LogP contribution in [-0.4, -0.2) is 5.91 Å². The van der Waals surface area contributed by atoms with Gasteiger partial charge in [-0.15, -0.1) is 0 Å². The van der Waals surface area contributed by atoms with E-state index in [0.29, 0.717) is 0 Å². The molecule has 0 aliphatic heterocycles. The van der Waals surface area contributed by atoms with Crippen LogP contribution in [0.4, 0.5) is 10.1 Å². The van der Waals surface area contributed by atoms with Crippen LogP contribution in [0.3, 0.4) is 0 Å². The number of hydrogen-bond donors (Lipinski definition) is 1. The SMILES string of the molecule is Cc1cccc(C)c1NC(=O)C[n+]1cccc(F)c1. The lowest BCUT2D eigenvalue weighted by Crippen LogP contribution is -2.40. The van der Waals surface area contributed by atoms with Crippen molar-refractivity contribution in [3.8, 4) is 0 Å². The molecular formula is C15H16FN2O+. The molecule has 0 radical (unpaired) electrons. The number of halogens is 1. The molecule has 0 spiro atoms. The van der Waals surface area contributed by atoms with Gasteiger partial charge in [-0.3, -0.25) is 4.79 Å². The zero-order valence-corrected chi connectivity index (χ0v) is 11.0. The number of pyridine rings is 1. The van der Waals surface area contributed by atoms with Crippen LogP contribution in [0, 0.1) is 19.7 Å². The van der Waals surface area contributed by atoms with Crippen LogP contribution in [-0.2, 0) is 11.3 Å². The average molecular weight is 259 g/mol. The van der Waals surface area contributed by atoms with Crippen molar-refractivity contribution in [2.45, 2.75) is 20.4 Å². The number of aryl methyl sites for hydroxylation is 2. The third-order valence-corrected chi connectivity index (χ3v) is 2.89. The van der Waals surface area contributed by atoms with E-state index in [4.69, 9.17) is 0 Å². The van der Waals surface area contributed by atoms with Gasteiger partial charge in [0.05, 0.1) is 0 Å². The molecule has 1 N–H and O–H groups in total. The zero-order chi connectivity index (χ0) is 13.8. The van der Waals surface area contributed by atoms with Crippen LogP contribution in [0.2, 0.25) is 0 Å². The minimum Gasteiger partial charge on any atom is -0.320 e. The summed E-state index contributed by atoms with van der Waals surface area (Å²) in [6.45, 7) is 3.97. The quantitative estimate of drug-likeness (QED) is 0.843. The number of rotatable bonds is 3. The minimum atomic E-state index is -0.359. The largest absolute Gasteiger partial charge is 0.320 e. The predicted octanol–water partition coefficient (Wildman–Crippen LogP) is 2.37. The maximum absolute atomic E-state index is 13.0. The van der Waals surface area contributed by atoms with E-state index < -0.39 is 0 Å². The number of aromatic nitrogens is 1. The third kappa shape index (κ3) is 3.37. The lowest BCUT2D eigenvalue weighted by atomic mass is 10.1. The zero-order valence-electron chi connectivity index (χ0n) is 11.0. The van der Waals surface area contributed by atoms with Crippen molar-refractivity contribution in [3.05, 3.63) is 59.7 Å². The van der Waals surface area contributed by atoms with Crippen LogP contribution in [0.1, 0.15) is 11.1 Å². The van der Waals surface area contributed by atoms with E-state index >= 15 is 0 Å². The summed E-state index contributed by atoms with van der Waals surface area (Å²) in [5.74, 6) is -0.532. The highest BCUT2D eigenvalue weighted by Gasteiger charge is 2.12. The van der Waals surface area contributed by atoms with Gasteiger partial charge in [-0.2, -0.15) is 4.57 Å². The number of nitrogens with one attached hydrogen (secondary N) is 1. The van der Waals surface area contributed by atoms with Crippen molar-refractivity contribution < 1.29 is 13.8 Å². The first-order valence-corrected chi connectivity index (χ1v) is 6.07. The monoisotopic (exact) mass is 259 g/mol. The van der Waals surface area contributed by atoms with Gasteiger partial charge < -0.3 is 5.32 Å². The van der Waals surface area contributed by atoms with Gasteiger partial charge in [-0.05, 0) is 31.0 Å². The number of hydrogen-bond acceptors (Lipinski definition) is 1. The standard InChI is InChI=1S/C15H15FN2O/c1-11-5-3-6-12(2)15(11)17-14(19)10-18-8-4-7-13(16)9-18/h3-9H,10H2,1-2H3/p+1. The topological polar surface area (TPSA) is 33.0 Å². The molecule has 2 aromatic rings. The van der Waals surface area contributed by atoms with Crippen LogP contribution in [0.15, 0.2) is 42.7 Å². The van der Waals surface area contributed by atoms with Crippen molar-refractivity contribution >= 4 is 11.6 Å². The lowest BCUT2D eigenvalue weighted by molar-refractivity contribution is -0.685. The van der Waals surface area contributed by atoms with Crippen molar-refractivity contribution in [1.29, 1.82) is 0 Å². The van der Waals surface area contributed by atoms with Crippen LogP contribution < -0.4 is 9.88 Å². The van der Waals surface area contributed by atoms with Gasteiger partial charge in [0.1, 0.15) is 0 Å². The number of benzene rings is 1. The molecule has 1 aromatic heterocycles. The Morgan fingerprint density at radius 3 is 2.53 bits per heavy atom. The molecular weight excluding hydrogens is 243 g/mol. The second kappa shape index (κ2) is 5.61. The van der Waals surface area contributed by atoms with Gasteiger partial charge in [0, 0.05) is 11.8 Å². The molecule has 98 valence electrons. The highest BCUT2D eigenvalue weighted by molar-refractivity contribution is 5.91. The normalized spacial score (nSPS) is 10.3. The van der Waals surface area contributed by atoms with Crippen LogP contribution in [0.5, 0.6) is 0 Å². The van der Waals surface area contributed by atoms with E-state index in [0.717, 1.165) is 16.8 Å². The number of nitrogens with zero attached hydrogens (tertiary/aromatic N) is 1. The van der Waals surface area contributed by atoms with Crippen molar-refractivity contribution in [3.63, 3.8) is 0 Å². The molecule has 0 bridgehead atoms. The Morgan fingerprint density at radius 2 is 1.89 bits per heavy atom. The van der Waals surface area contributed by atoms with Gasteiger partial charge in [0.25, 0.3) is 5.91 Å². The second-order valence-electron chi connectivity index (χ2n) is 4.51. The fraction of sp³-hybridized carbons (Fsp3) is 0.200. The van der Waals surface area contributed by atoms with Crippen molar-refractivity contribution in [2.75, 3.05) is 5.32 Å². The summed E-state index contributed by atoms with van der Waals surface area (Å²) in [5.41, 5.74) is 2.85. The third-order valence-electron chi connectivity index (χ3n) is 2.89. The molecule has 0 atom stereocenters. The van der Waals surface area contributed by atoms with E-state index in [-0.39, 0.29) is 18.3 Å². The first-order valence-electron chi connectivity index (χ1n) is 6.07. The lowest BCUT2D eigenvalue weighted by Gasteiger charge is -2.09. The molecule has 0 fully saturated rings.